The summed E-state index contributed by atoms with van der Waals surface area (Å²) in [6.45, 7) is 18.2. The Kier molecular flexibility index (Phi) is 5.17. The van der Waals surface area contributed by atoms with Crippen LogP contribution in [0, 0.1) is 0 Å². The quantitative estimate of drug-likeness (QED) is 0.588. The molecule has 0 aliphatic heterocycles. The van der Waals surface area contributed by atoms with Crippen molar-refractivity contribution in [2.24, 2.45) is 0 Å². The normalized spacial score (nSPS) is 15.5. The first-order valence-corrected chi connectivity index (χ1v) is 7.19. The van der Waals surface area contributed by atoms with Gasteiger partial charge in [0.2, 0.25) is 0 Å². The second-order valence-corrected chi connectivity index (χ2v) is 6.51. The maximum Gasteiger partial charge on any atom is -0.00976 e. The average molecular weight is 256 g/mol. The van der Waals surface area contributed by atoms with E-state index in [0.717, 1.165) is 5.57 Å². The molecule has 1 aliphatic rings. The summed E-state index contributed by atoms with van der Waals surface area (Å²) in [6, 6.07) is 7.05. The maximum absolute atomic E-state index is 3.56. The minimum absolute atomic E-state index is 0.403. The second-order valence-electron chi connectivity index (χ2n) is 6.51. The smallest absolute Gasteiger partial charge is 0.00976 e. The first-order valence-electron chi connectivity index (χ1n) is 7.19. The first-order chi connectivity index (χ1) is 8.77. The van der Waals surface area contributed by atoms with Crippen LogP contribution in [0.25, 0.3) is 0 Å². The van der Waals surface area contributed by atoms with Gasteiger partial charge in [-0.25, -0.2) is 0 Å². The Balaban J connectivity index is 0.000000312. The lowest BCUT2D eigenvalue weighted by Gasteiger charge is -2.20. The van der Waals surface area contributed by atoms with Crippen molar-refractivity contribution in [3.8, 4) is 0 Å². The van der Waals surface area contributed by atoms with Gasteiger partial charge in [0, 0.05) is 0 Å². The van der Waals surface area contributed by atoms with Crippen molar-refractivity contribution in [2.45, 2.75) is 58.8 Å². The van der Waals surface area contributed by atoms with E-state index in [4.69, 9.17) is 0 Å². The van der Waals surface area contributed by atoms with E-state index in [1.165, 1.54) is 18.4 Å². The summed E-state index contributed by atoms with van der Waals surface area (Å²) in [5.41, 5.74) is 6.06. The van der Waals surface area contributed by atoms with E-state index in [0.29, 0.717) is 11.3 Å². The third kappa shape index (κ3) is 4.09. The van der Waals surface area contributed by atoms with Crippen molar-refractivity contribution in [1.29, 1.82) is 0 Å². The molecule has 0 saturated carbocycles. The largest absolute Gasteiger partial charge is 0.0988 e. The van der Waals surface area contributed by atoms with Gasteiger partial charge in [0.15, 0.2) is 0 Å². The van der Waals surface area contributed by atoms with E-state index in [-0.39, 0.29) is 0 Å². The zero-order valence-electron chi connectivity index (χ0n) is 13.2. The SMILES string of the molecule is C=CC(=C)C.CC(C)c1ccc2c(c1)C(C)(C)CC2. The van der Waals surface area contributed by atoms with Crippen molar-refractivity contribution in [3.63, 3.8) is 0 Å². The Morgan fingerprint density at radius 3 is 2.37 bits per heavy atom. The molecule has 0 atom stereocenters. The zero-order chi connectivity index (χ0) is 14.6. The summed E-state index contributed by atoms with van der Waals surface area (Å²) >= 11 is 0. The highest BCUT2D eigenvalue weighted by Crippen LogP contribution is 2.39. The van der Waals surface area contributed by atoms with Gasteiger partial charge < -0.3 is 0 Å². The molecule has 1 aromatic carbocycles. The molecule has 2 rings (SSSR count). The van der Waals surface area contributed by atoms with Crippen LogP contribution in [0.15, 0.2) is 43.0 Å². The number of rotatable bonds is 2. The molecule has 0 amide bonds. The van der Waals surface area contributed by atoms with Gasteiger partial charge in [0.05, 0.1) is 0 Å². The number of allylic oxidation sites excluding steroid dienone is 2. The summed E-state index contributed by atoms with van der Waals surface area (Å²) in [6.07, 6.45) is 4.30. The summed E-state index contributed by atoms with van der Waals surface area (Å²) in [4.78, 5) is 0. The van der Waals surface area contributed by atoms with Crippen LogP contribution in [0.3, 0.4) is 0 Å². The van der Waals surface area contributed by atoms with E-state index in [1.54, 1.807) is 17.2 Å². The molecule has 0 N–H and O–H groups in total. The van der Waals surface area contributed by atoms with Crippen molar-refractivity contribution >= 4 is 0 Å². The van der Waals surface area contributed by atoms with Crippen LogP contribution in [-0.4, -0.2) is 0 Å². The molecule has 0 heteroatoms. The molecular weight excluding hydrogens is 228 g/mol. The van der Waals surface area contributed by atoms with E-state index >= 15 is 0 Å². The van der Waals surface area contributed by atoms with Crippen LogP contribution < -0.4 is 0 Å². The fourth-order valence-corrected chi connectivity index (χ4v) is 2.38. The molecule has 0 fully saturated rings. The molecule has 1 aliphatic carbocycles. The molecule has 0 saturated heterocycles. The van der Waals surface area contributed by atoms with Gasteiger partial charge >= 0.3 is 0 Å². The highest BCUT2D eigenvalue weighted by Gasteiger charge is 2.29. The monoisotopic (exact) mass is 256 g/mol. The van der Waals surface area contributed by atoms with Crippen molar-refractivity contribution in [3.05, 3.63) is 59.7 Å². The molecule has 0 unspecified atom stereocenters. The maximum atomic E-state index is 3.56. The summed E-state index contributed by atoms with van der Waals surface area (Å²) in [5, 5.41) is 0. The Morgan fingerprint density at radius 1 is 1.32 bits per heavy atom. The minimum Gasteiger partial charge on any atom is -0.0988 e. The highest BCUT2D eigenvalue weighted by molar-refractivity contribution is 5.41. The molecule has 0 aromatic heterocycles. The molecular formula is C19H28. The molecule has 0 nitrogen and oxygen atoms in total. The van der Waals surface area contributed by atoms with Gasteiger partial charge in [-0.05, 0) is 47.8 Å². The Morgan fingerprint density at radius 2 is 1.89 bits per heavy atom. The minimum atomic E-state index is 0.403. The summed E-state index contributed by atoms with van der Waals surface area (Å²) in [5.74, 6) is 0.650. The Bertz CT molecular complexity index is 461. The molecule has 0 spiro atoms. The molecule has 104 valence electrons. The summed E-state index contributed by atoms with van der Waals surface area (Å²) in [7, 11) is 0. The molecule has 0 heterocycles. The molecule has 0 radical (unpaired) electrons. The van der Waals surface area contributed by atoms with Crippen LogP contribution in [0.2, 0.25) is 0 Å². The number of hydrogen-bond acceptors (Lipinski definition) is 0. The fourth-order valence-electron chi connectivity index (χ4n) is 2.38. The molecule has 0 bridgehead atoms. The van der Waals surface area contributed by atoms with Gasteiger partial charge in [-0.2, -0.15) is 0 Å². The first kappa shape index (κ1) is 15.8. The fraction of sp³-hybridized carbons (Fsp3) is 0.474. The van der Waals surface area contributed by atoms with Crippen LogP contribution in [0.5, 0.6) is 0 Å². The van der Waals surface area contributed by atoms with E-state index in [1.807, 2.05) is 6.92 Å². The number of fused-ring (bicyclic) bond motifs is 1. The van der Waals surface area contributed by atoms with E-state index < -0.39 is 0 Å². The summed E-state index contributed by atoms with van der Waals surface area (Å²) < 4.78 is 0. The Hall–Kier alpha value is -1.30. The standard InChI is InChI=1S/C14H20.C5H8/c1-10(2)12-6-5-11-7-8-14(3,4)13(11)9-12;1-4-5(2)3/h5-6,9-10H,7-8H2,1-4H3;4H,1-2H2,3H3. The zero-order valence-corrected chi connectivity index (χ0v) is 13.2. The third-order valence-electron chi connectivity index (χ3n) is 3.90. The van der Waals surface area contributed by atoms with E-state index in [9.17, 15) is 0 Å². The van der Waals surface area contributed by atoms with Crippen LogP contribution in [0.4, 0.5) is 0 Å². The van der Waals surface area contributed by atoms with Crippen LogP contribution >= 0.6 is 0 Å². The van der Waals surface area contributed by atoms with Gasteiger partial charge in [-0.15, -0.1) is 0 Å². The van der Waals surface area contributed by atoms with E-state index in [2.05, 4.69) is 59.1 Å². The topological polar surface area (TPSA) is 0 Å². The van der Waals surface area contributed by atoms with Gasteiger partial charge in [0.25, 0.3) is 0 Å². The molecule has 1 aromatic rings. The van der Waals surface area contributed by atoms with Gasteiger partial charge in [-0.1, -0.05) is 70.7 Å². The predicted octanol–water partition coefficient (Wildman–Crippen LogP) is 5.78. The lowest BCUT2D eigenvalue weighted by atomic mass is 9.85. The van der Waals surface area contributed by atoms with Crippen LogP contribution in [-0.2, 0) is 11.8 Å². The predicted molar refractivity (Wildman–Crippen MR) is 86.9 cm³/mol. The van der Waals surface area contributed by atoms with Gasteiger partial charge in [-0.3, -0.25) is 0 Å². The lowest BCUT2D eigenvalue weighted by Crippen LogP contribution is -2.12. The van der Waals surface area contributed by atoms with Crippen molar-refractivity contribution in [1.82, 2.24) is 0 Å². The Labute approximate surface area is 119 Å². The molecule has 19 heavy (non-hydrogen) atoms. The number of benzene rings is 1. The second kappa shape index (κ2) is 6.23. The highest BCUT2D eigenvalue weighted by atomic mass is 14.3. The number of hydrogen-bond donors (Lipinski definition) is 0. The van der Waals surface area contributed by atoms with Gasteiger partial charge in [0.1, 0.15) is 0 Å². The third-order valence-corrected chi connectivity index (χ3v) is 3.90. The lowest BCUT2D eigenvalue weighted by molar-refractivity contribution is 0.522. The van der Waals surface area contributed by atoms with Crippen molar-refractivity contribution in [2.75, 3.05) is 0 Å². The average Bonchev–Trinajstić information content (AvgIpc) is 2.66. The number of aryl methyl sites for hydroxylation is 1. The van der Waals surface area contributed by atoms with Crippen molar-refractivity contribution < 1.29 is 0 Å². The van der Waals surface area contributed by atoms with Crippen LogP contribution in [0.1, 0.15) is 63.6 Å².